The molecule has 0 heterocycles. The summed E-state index contributed by atoms with van der Waals surface area (Å²) in [5, 5.41) is 0. The molecule has 0 bridgehead atoms. The second-order valence-electron chi connectivity index (χ2n) is 15.8. The normalized spacial score (nSPS) is 10.5. The van der Waals surface area contributed by atoms with Gasteiger partial charge in [0.25, 0.3) is 0 Å². The Balaban J connectivity index is 0.988. The first-order chi connectivity index (χ1) is 34.1. The molecular weight excluding hydrogens is 897 g/mol. The second kappa shape index (κ2) is 29.7. The van der Waals surface area contributed by atoms with Crippen LogP contribution in [0.5, 0.6) is 34.5 Å². The third kappa shape index (κ3) is 18.9. The van der Waals surface area contributed by atoms with E-state index in [0.29, 0.717) is 49.1 Å². The van der Waals surface area contributed by atoms with Gasteiger partial charge in [0.1, 0.15) is 23.0 Å². The van der Waals surface area contributed by atoms with Crippen LogP contribution in [-0.4, -0.2) is 62.2 Å². The minimum atomic E-state index is -0.740. The van der Waals surface area contributed by atoms with Crippen LogP contribution in [0.15, 0.2) is 147 Å². The van der Waals surface area contributed by atoms with Gasteiger partial charge in [-0.05, 0) is 135 Å². The molecular formula is C56H58O14. The molecule has 0 aliphatic rings. The lowest BCUT2D eigenvalue weighted by Gasteiger charge is -2.11. The van der Waals surface area contributed by atoms with Gasteiger partial charge in [-0.1, -0.05) is 76.7 Å². The van der Waals surface area contributed by atoms with Crippen molar-refractivity contribution in [2.24, 2.45) is 0 Å². The van der Waals surface area contributed by atoms with Crippen molar-refractivity contribution >= 4 is 35.8 Å². The van der Waals surface area contributed by atoms with Crippen molar-refractivity contribution < 1.29 is 66.7 Å². The van der Waals surface area contributed by atoms with E-state index < -0.39 is 35.8 Å². The molecule has 0 atom stereocenters. The van der Waals surface area contributed by atoms with Gasteiger partial charge in [-0.15, -0.1) is 0 Å². The van der Waals surface area contributed by atoms with Gasteiger partial charge in [0.05, 0.1) is 48.7 Å². The van der Waals surface area contributed by atoms with Crippen molar-refractivity contribution in [2.75, 3.05) is 26.4 Å². The highest BCUT2D eigenvalue weighted by atomic mass is 16.6. The quantitative estimate of drug-likeness (QED) is 0.0184. The predicted octanol–water partition coefficient (Wildman–Crippen LogP) is 11.5. The highest BCUT2D eigenvalue weighted by Crippen LogP contribution is 2.29. The molecule has 5 aromatic carbocycles. The summed E-state index contributed by atoms with van der Waals surface area (Å²) in [6.45, 7) is 8.66. The number of carbonyl (C=O) groups is 6. The molecule has 0 aliphatic carbocycles. The van der Waals surface area contributed by atoms with E-state index in [0.717, 1.165) is 89.2 Å². The Bertz CT molecular complexity index is 2300. The number of benzene rings is 5. The maximum Gasteiger partial charge on any atom is 0.343 e. The van der Waals surface area contributed by atoms with Crippen molar-refractivity contribution in [2.45, 2.75) is 77.0 Å². The number of hydrogen-bond donors (Lipinski definition) is 0. The van der Waals surface area contributed by atoms with Gasteiger partial charge >= 0.3 is 35.8 Å². The molecule has 14 nitrogen and oxygen atoms in total. The largest absolute Gasteiger partial charge is 0.494 e. The first-order valence-electron chi connectivity index (χ1n) is 23.3. The number of ether oxygens (including phenoxy) is 8. The molecule has 5 rings (SSSR count). The molecule has 5 aromatic rings. The standard InChI is InChI=1S/C56H58O14/c1-3-51(57)65-39-17-11-7-5-9-15-37-63-45-29-21-41(22-30-45)53(59)67-47-33-25-43(26-34-47)55(61)69-49-19-13-14-20-50(49)70-56(62)44-27-35-48(36-28-44)68-54(60)42-23-31-46(32-24-42)64-38-16-10-6-8-12-18-40-66-52(58)4-2/h3-4,13-14,19-36H,1-2,5-12,15-18,37-40H2. The number of carbonyl (C=O) groups excluding carboxylic acids is 6. The molecule has 0 N–H and O–H groups in total. The highest BCUT2D eigenvalue weighted by Gasteiger charge is 2.18. The summed E-state index contributed by atoms with van der Waals surface area (Å²) in [6.07, 6.45) is 14.0. The smallest absolute Gasteiger partial charge is 0.343 e. The van der Waals surface area contributed by atoms with Gasteiger partial charge in [-0.3, -0.25) is 0 Å². The Kier molecular flexibility index (Phi) is 22.5. The molecule has 0 fully saturated rings. The van der Waals surface area contributed by atoms with Gasteiger partial charge in [-0.25, -0.2) is 28.8 Å². The van der Waals surface area contributed by atoms with Gasteiger partial charge in [-0.2, -0.15) is 0 Å². The minimum absolute atomic E-state index is 0.00265. The van der Waals surface area contributed by atoms with Crippen LogP contribution in [0.25, 0.3) is 0 Å². The highest BCUT2D eigenvalue weighted by molar-refractivity contribution is 5.95. The maximum atomic E-state index is 13.1. The van der Waals surface area contributed by atoms with Crippen molar-refractivity contribution in [3.05, 3.63) is 169 Å². The Morgan fingerprint density at radius 1 is 0.329 bits per heavy atom. The van der Waals surface area contributed by atoms with E-state index in [4.69, 9.17) is 37.9 Å². The molecule has 70 heavy (non-hydrogen) atoms. The number of rotatable bonds is 30. The fraction of sp³-hybridized carbons (Fsp3) is 0.286. The van der Waals surface area contributed by atoms with Gasteiger partial charge in [0, 0.05) is 12.2 Å². The minimum Gasteiger partial charge on any atom is -0.494 e. The van der Waals surface area contributed by atoms with E-state index in [2.05, 4.69) is 13.2 Å². The van der Waals surface area contributed by atoms with Crippen molar-refractivity contribution in [3.8, 4) is 34.5 Å². The van der Waals surface area contributed by atoms with Crippen LogP contribution < -0.4 is 28.4 Å². The lowest BCUT2D eigenvalue weighted by Crippen LogP contribution is -2.13. The Morgan fingerprint density at radius 3 is 0.914 bits per heavy atom. The topological polar surface area (TPSA) is 176 Å². The number of unbranched alkanes of at least 4 members (excludes halogenated alkanes) is 10. The number of para-hydroxylation sites is 2. The zero-order valence-electron chi connectivity index (χ0n) is 39.1. The van der Waals surface area contributed by atoms with Crippen molar-refractivity contribution in [1.29, 1.82) is 0 Å². The molecule has 0 unspecified atom stereocenters. The van der Waals surface area contributed by atoms with Gasteiger partial charge < -0.3 is 37.9 Å². The summed E-state index contributed by atoms with van der Waals surface area (Å²) in [4.78, 5) is 74.0. The summed E-state index contributed by atoms with van der Waals surface area (Å²) < 4.78 is 43.7. The monoisotopic (exact) mass is 954 g/mol. The maximum absolute atomic E-state index is 13.1. The molecule has 0 amide bonds. The predicted molar refractivity (Wildman–Crippen MR) is 261 cm³/mol. The van der Waals surface area contributed by atoms with Gasteiger partial charge in [0.2, 0.25) is 0 Å². The first kappa shape index (κ1) is 53.0. The zero-order chi connectivity index (χ0) is 49.8. The average Bonchev–Trinajstić information content (AvgIpc) is 3.38. The molecule has 0 spiro atoms. The third-order valence-electron chi connectivity index (χ3n) is 10.5. The van der Waals surface area contributed by atoms with Crippen LogP contribution in [0.2, 0.25) is 0 Å². The Labute approximate surface area is 408 Å². The number of esters is 6. The van der Waals surface area contributed by atoms with E-state index in [1.54, 1.807) is 60.7 Å². The van der Waals surface area contributed by atoms with E-state index in [1.165, 1.54) is 60.7 Å². The van der Waals surface area contributed by atoms with Crippen molar-refractivity contribution in [3.63, 3.8) is 0 Å². The molecule has 0 aromatic heterocycles. The third-order valence-corrected chi connectivity index (χ3v) is 10.5. The summed E-state index contributed by atoms with van der Waals surface area (Å²) in [5.41, 5.74) is 0.945. The van der Waals surface area contributed by atoms with Crippen molar-refractivity contribution in [1.82, 2.24) is 0 Å². The average molecular weight is 955 g/mol. The summed E-state index contributed by atoms with van der Waals surface area (Å²) in [6, 6.07) is 31.1. The SMILES string of the molecule is C=CC(=O)OCCCCCCCCOc1ccc(C(=O)Oc2ccc(C(=O)Oc3ccccc3OC(=O)c3ccc(OC(=O)c4ccc(OCCCCCCCCOC(=O)C=C)cc4)cc3)cc2)cc1. The molecule has 14 heteroatoms. The van der Waals surface area contributed by atoms with Crippen LogP contribution in [-0.2, 0) is 19.1 Å². The summed E-state index contributed by atoms with van der Waals surface area (Å²) in [5.74, 6) is -1.76. The van der Waals surface area contributed by atoms with E-state index in [1.807, 2.05) is 0 Å². The molecule has 0 radical (unpaired) electrons. The fourth-order valence-corrected chi connectivity index (χ4v) is 6.63. The first-order valence-corrected chi connectivity index (χ1v) is 23.3. The summed E-state index contributed by atoms with van der Waals surface area (Å²) >= 11 is 0. The molecule has 366 valence electrons. The Morgan fingerprint density at radius 2 is 0.600 bits per heavy atom. The molecule has 0 saturated heterocycles. The zero-order valence-corrected chi connectivity index (χ0v) is 39.1. The van der Waals surface area contributed by atoms with E-state index in [9.17, 15) is 28.8 Å². The van der Waals surface area contributed by atoms with Crippen LogP contribution in [0, 0.1) is 0 Å². The van der Waals surface area contributed by atoms with Crippen LogP contribution >= 0.6 is 0 Å². The fourth-order valence-electron chi connectivity index (χ4n) is 6.63. The second-order valence-corrected chi connectivity index (χ2v) is 15.8. The van der Waals surface area contributed by atoms with Gasteiger partial charge in [0.15, 0.2) is 11.5 Å². The summed E-state index contributed by atoms with van der Waals surface area (Å²) in [7, 11) is 0. The van der Waals surface area contributed by atoms with Crippen LogP contribution in [0.3, 0.4) is 0 Å². The van der Waals surface area contributed by atoms with E-state index >= 15 is 0 Å². The lowest BCUT2D eigenvalue weighted by molar-refractivity contribution is -0.138. The van der Waals surface area contributed by atoms with Crippen LogP contribution in [0.1, 0.15) is 118 Å². The molecule has 0 saturated carbocycles. The Hall–Kier alpha value is -8.00. The number of hydrogen-bond acceptors (Lipinski definition) is 14. The molecule has 0 aliphatic heterocycles. The lowest BCUT2D eigenvalue weighted by atomic mass is 10.1. The van der Waals surface area contributed by atoms with E-state index in [-0.39, 0.29) is 34.1 Å². The van der Waals surface area contributed by atoms with Crippen LogP contribution in [0.4, 0.5) is 0 Å².